The molecule has 2 rings (SSSR count). The van der Waals surface area contributed by atoms with E-state index in [4.69, 9.17) is 5.11 Å². The Morgan fingerprint density at radius 1 is 1.61 bits per heavy atom. The first-order valence-corrected chi connectivity index (χ1v) is 6.81. The zero-order valence-corrected chi connectivity index (χ0v) is 11.2. The minimum Gasteiger partial charge on any atom is -0.384 e. The van der Waals surface area contributed by atoms with E-state index in [9.17, 15) is 4.79 Å². The van der Waals surface area contributed by atoms with Gasteiger partial charge in [-0.25, -0.2) is 4.98 Å². The number of rotatable bonds is 2. The Hall–Kier alpha value is -1.68. The Morgan fingerprint density at radius 2 is 2.44 bits per heavy atom. The second-order valence-electron chi connectivity index (χ2n) is 3.38. The van der Waals surface area contributed by atoms with Crippen molar-refractivity contribution in [3.63, 3.8) is 0 Å². The summed E-state index contributed by atoms with van der Waals surface area (Å²) >= 11 is 2.68. The summed E-state index contributed by atoms with van der Waals surface area (Å²) in [5.41, 5.74) is 0.953. The van der Waals surface area contributed by atoms with Gasteiger partial charge in [0.1, 0.15) is 6.61 Å². The van der Waals surface area contributed by atoms with Crippen LogP contribution in [-0.4, -0.2) is 22.6 Å². The minimum atomic E-state index is -0.187. The van der Waals surface area contributed by atoms with E-state index in [0.717, 1.165) is 5.56 Å². The molecule has 0 atom stereocenters. The van der Waals surface area contributed by atoms with Gasteiger partial charge in [-0.3, -0.25) is 10.1 Å². The molecule has 0 aliphatic heterocycles. The van der Waals surface area contributed by atoms with E-state index in [1.807, 2.05) is 18.4 Å². The number of thiazole rings is 1. The molecule has 0 bridgehead atoms. The molecule has 0 saturated carbocycles. The standard InChI is InChI=1S/C12H10N2O2S2/c1-8-4-6-17-10(8)11(16)14-12-13-7-9(18-12)3-2-5-15/h4,6-7,15H,5H2,1H3,(H,13,14,16). The minimum absolute atomic E-state index is 0.154. The summed E-state index contributed by atoms with van der Waals surface area (Å²) in [6.07, 6.45) is 1.57. The van der Waals surface area contributed by atoms with Crippen LogP contribution in [0.2, 0.25) is 0 Å². The van der Waals surface area contributed by atoms with Crippen LogP contribution >= 0.6 is 22.7 Å². The Balaban J connectivity index is 2.08. The highest BCUT2D eigenvalue weighted by atomic mass is 32.1. The highest BCUT2D eigenvalue weighted by molar-refractivity contribution is 7.16. The van der Waals surface area contributed by atoms with Crippen LogP contribution in [0.15, 0.2) is 17.6 Å². The summed E-state index contributed by atoms with van der Waals surface area (Å²) < 4.78 is 0. The van der Waals surface area contributed by atoms with Gasteiger partial charge >= 0.3 is 0 Å². The van der Waals surface area contributed by atoms with E-state index < -0.39 is 0 Å². The van der Waals surface area contributed by atoms with Crippen molar-refractivity contribution in [2.45, 2.75) is 6.92 Å². The van der Waals surface area contributed by atoms with E-state index in [1.165, 1.54) is 22.7 Å². The predicted molar refractivity (Wildman–Crippen MR) is 73.1 cm³/mol. The lowest BCUT2D eigenvalue weighted by molar-refractivity contribution is 0.103. The maximum atomic E-state index is 11.9. The lowest BCUT2D eigenvalue weighted by Gasteiger charge is -1.99. The van der Waals surface area contributed by atoms with Crippen LogP contribution in [0.25, 0.3) is 0 Å². The average Bonchev–Trinajstić information content (AvgIpc) is 2.95. The third kappa shape index (κ3) is 2.96. The fourth-order valence-corrected chi connectivity index (χ4v) is 2.78. The smallest absolute Gasteiger partial charge is 0.267 e. The molecule has 1 amide bonds. The molecule has 2 heterocycles. The normalized spacial score (nSPS) is 9.67. The molecule has 0 fully saturated rings. The van der Waals surface area contributed by atoms with Crippen molar-refractivity contribution in [1.82, 2.24) is 4.98 Å². The Kier molecular flexibility index (Phi) is 4.10. The highest BCUT2D eigenvalue weighted by Crippen LogP contribution is 2.21. The van der Waals surface area contributed by atoms with Crippen molar-refractivity contribution in [3.05, 3.63) is 33.0 Å². The summed E-state index contributed by atoms with van der Waals surface area (Å²) in [6.45, 7) is 1.71. The van der Waals surface area contributed by atoms with E-state index in [2.05, 4.69) is 22.1 Å². The quantitative estimate of drug-likeness (QED) is 0.827. The van der Waals surface area contributed by atoms with Crippen molar-refractivity contribution >= 4 is 33.7 Å². The number of hydrogen-bond donors (Lipinski definition) is 2. The molecule has 0 saturated heterocycles. The first kappa shape index (κ1) is 12.8. The van der Waals surface area contributed by atoms with Gasteiger partial charge in [0.15, 0.2) is 5.13 Å². The van der Waals surface area contributed by atoms with Gasteiger partial charge in [-0.2, -0.15) is 0 Å². The van der Waals surface area contributed by atoms with Crippen LogP contribution < -0.4 is 5.32 Å². The Bertz CT molecular complexity index is 619. The number of aromatic nitrogens is 1. The lowest BCUT2D eigenvalue weighted by atomic mass is 10.3. The topological polar surface area (TPSA) is 62.2 Å². The fourth-order valence-electron chi connectivity index (χ4n) is 1.28. The molecule has 0 aromatic carbocycles. The van der Waals surface area contributed by atoms with Crippen LogP contribution in [-0.2, 0) is 0 Å². The number of aryl methyl sites for hydroxylation is 1. The molecular formula is C12H10N2O2S2. The molecule has 6 heteroatoms. The van der Waals surface area contributed by atoms with Crippen LogP contribution in [0.5, 0.6) is 0 Å². The molecule has 0 radical (unpaired) electrons. The zero-order valence-electron chi connectivity index (χ0n) is 9.56. The lowest BCUT2D eigenvalue weighted by Crippen LogP contribution is -2.10. The highest BCUT2D eigenvalue weighted by Gasteiger charge is 2.12. The number of hydrogen-bond acceptors (Lipinski definition) is 5. The molecule has 2 N–H and O–H groups in total. The molecule has 0 unspecified atom stereocenters. The molecule has 92 valence electrons. The van der Waals surface area contributed by atoms with Crippen molar-refractivity contribution < 1.29 is 9.90 Å². The van der Waals surface area contributed by atoms with E-state index in [-0.39, 0.29) is 12.5 Å². The summed E-state index contributed by atoms with van der Waals surface area (Å²) in [5, 5.41) is 13.7. The number of aliphatic hydroxyl groups is 1. The van der Waals surface area contributed by atoms with Gasteiger partial charge in [0.25, 0.3) is 5.91 Å². The number of amides is 1. The largest absolute Gasteiger partial charge is 0.384 e. The number of aliphatic hydroxyl groups excluding tert-OH is 1. The molecule has 4 nitrogen and oxygen atoms in total. The fraction of sp³-hybridized carbons (Fsp3) is 0.167. The second kappa shape index (κ2) is 5.78. The number of carbonyl (C=O) groups excluding carboxylic acids is 1. The van der Waals surface area contributed by atoms with Crippen molar-refractivity contribution in [2.24, 2.45) is 0 Å². The van der Waals surface area contributed by atoms with Crippen LogP contribution in [0, 0.1) is 18.8 Å². The van der Waals surface area contributed by atoms with Gasteiger partial charge in [-0.15, -0.1) is 11.3 Å². The zero-order chi connectivity index (χ0) is 13.0. The van der Waals surface area contributed by atoms with Gasteiger partial charge in [0, 0.05) is 0 Å². The Labute approximate surface area is 112 Å². The molecule has 2 aromatic heterocycles. The first-order chi connectivity index (χ1) is 8.70. The van der Waals surface area contributed by atoms with E-state index >= 15 is 0 Å². The third-order valence-corrected chi connectivity index (χ3v) is 3.93. The monoisotopic (exact) mass is 278 g/mol. The molecule has 0 spiro atoms. The first-order valence-electron chi connectivity index (χ1n) is 5.11. The summed E-state index contributed by atoms with van der Waals surface area (Å²) in [7, 11) is 0. The van der Waals surface area contributed by atoms with E-state index in [0.29, 0.717) is 14.9 Å². The van der Waals surface area contributed by atoms with Gasteiger partial charge in [-0.05, 0) is 23.9 Å². The van der Waals surface area contributed by atoms with Gasteiger partial charge in [0.2, 0.25) is 0 Å². The van der Waals surface area contributed by atoms with Crippen molar-refractivity contribution in [1.29, 1.82) is 0 Å². The van der Waals surface area contributed by atoms with Crippen molar-refractivity contribution in [3.8, 4) is 11.8 Å². The number of thiophene rings is 1. The van der Waals surface area contributed by atoms with Crippen LogP contribution in [0.1, 0.15) is 20.1 Å². The number of nitrogens with one attached hydrogen (secondary N) is 1. The average molecular weight is 278 g/mol. The predicted octanol–water partition coefficient (Wildman–Crippen LogP) is 2.11. The number of carbonyl (C=O) groups is 1. The third-order valence-electron chi connectivity index (χ3n) is 2.09. The van der Waals surface area contributed by atoms with Crippen LogP contribution in [0.3, 0.4) is 0 Å². The molecule has 18 heavy (non-hydrogen) atoms. The molecular weight excluding hydrogens is 268 g/mol. The van der Waals surface area contributed by atoms with Crippen LogP contribution in [0.4, 0.5) is 5.13 Å². The second-order valence-corrected chi connectivity index (χ2v) is 5.32. The summed E-state index contributed by atoms with van der Waals surface area (Å²) in [5.74, 6) is 5.12. The molecule has 0 aliphatic carbocycles. The summed E-state index contributed by atoms with van der Waals surface area (Å²) in [6, 6.07) is 1.90. The van der Waals surface area contributed by atoms with Crippen molar-refractivity contribution in [2.75, 3.05) is 11.9 Å². The molecule has 2 aromatic rings. The maximum absolute atomic E-state index is 11.9. The van der Waals surface area contributed by atoms with Gasteiger partial charge < -0.3 is 5.11 Å². The van der Waals surface area contributed by atoms with E-state index in [1.54, 1.807) is 6.20 Å². The summed E-state index contributed by atoms with van der Waals surface area (Å²) in [4.78, 5) is 17.4. The number of nitrogens with zero attached hydrogens (tertiary/aromatic N) is 1. The molecule has 0 aliphatic rings. The van der Waals surface area contributed by atoms with Gasteiger partial charge in [0.05, 0.1) is 16.0 Å². The SMILES string of the molecule is Cc1ccsc1C(=O)Nc1ncc(C#CCO)s1. The maximum Gasteiger partial charge on any atom is 0.267 e. The van der Waals surface area contributed by atoms with Gasteiger partial charge in [-0.1, -0.05) is 23.2 Å². The number of anilines is 1. The Morgan fingerprint density at radius 3 is 3.11 bits per heavy atom.